The summed E-state index contributed by atoms with van der Waals surface area (Å²) in [4.78, 5) is 6.69. The van der Waals surface area contributed by atoms with Gasteiger partial charge in [-0.15, -0.1) is 0 Å². The molecular formula is C16H21N3. The normalized spacial score (nSPS) is 12.2. The topological polar surface area (TPSA) is 42.1 Å². The highest BCUT2D eigenvalue weighted by atomic mass is 15.1. The molecule has 100 valence electrons. The second-order valence-electron chi connectivity index (χ2n) is 4.76. The number of para-hydroxylation sites is 1. The summed E-state index contributed by atoms with van der Waals surface area (Å²) in [6.07, 6.45) is 1.90. The second kappa shape index (κ2) is 5.85. The summed E-state index contributed by atoms with van der Waals surface area (Å²) in [5.41, 5.74) is 10.3. The molecule has 0 spiro atoms. The molecule has 1 heterocycles. The van der Waals surface area contributed by atoms with Gasteiger partial charge in [-0.1, -0.05) is 18.2 Å². The Kier molecular flexibility index (Phi) is 4.17. The number of nitrogens with zero attached hydrogens (tertiary/aromatic N) is 2. The fourth-order valence-corrected chi connectivity index (χ4v) is 2.18. The molecule has 0 radical (unpaired) electrons. The van der Waals surface area contributed by atoms with Crippen molar-refractivity contribution in [3.63, 3.8) is 0 Å². The molecule has 3 heteroatoms. The van der Waals surface area contributed by atoms with E-state index in [9.17, 15) is 0 Å². The Balaban J connectivity index is 2.35. The Hall–Kier alpha value is -1.87. The second-order valence-corrected chi connectivity index (χ2v) is 4.76. The zero-order valence-electron chi connectivity index (χ0n) is 11.8. The molecule has 0 fully saturated rings. The zero-order chi connectivity index (χ0) is 13.8. The number of hydrogen-bond acceptors (Lipinski definition) is 3. The Morgan fingerprint density at radius 2 is 1.95 bits per heavy atom. The van der Waals surface area contributed by atoms with Crippen LogP contribution in [0.15, 0.2) is 42.6 Å². The third kappa shape index (κ3) is 2.93. The molecule has 2 rings (SSSR count). The third-order valence-corrected chi connectivity index (χ3v) is 3.27. The lowest BCUT2D eigenvalue weighted by Gasteiger charge is -2.25. The summed E-state index contributed by atoms with van der Waals surface area (Å²) in [7, 11) is 0. The largest absolute Gasteiger partial charge is 0.340 e. The Bertz CT molecular complexity index is 532. The monoisotopic (exact) mass is 255 g/mol. The lowest BCUT2D eigenvalue weighted by Crippen LogP contribution is -2.17. The molecule has 1 aromatic carbocycles. The molecule has 2 N–H and O–H groups in total. The van der Waals surface area contributed by atoms with Crippen LogP contribution < -0.4 is 10.6 Å². The number of pyridine rings is 1. The summed E-state index contributed by atoms with van der Waals surface area (Å²) in [6, 6.07) is 12.4. The molecule has 0 unspecified atom stereocenters. The van der Waals surface area contributed by atoms with E-state index in [-0.39, 0.29) is 6.04 Å². The maximum atomic E-state index is 5.83. The van der Waals surface area contributed by atoms with Crippen LogP contribution in [0.4, 0.5) is 11.4 Å². The van der Waals surface area contributed by atoms with Crippen molar-refractivity contribution in [1.82, 2.24) is 4.98 Å². The van der Waals surface area contributed by atoms with Crippen LogP contribution in [0, 0.1) is 6.92 Å². The smallest absolute Gasteiger partial charge is 0.0597 e. The minimum Gasteiger partial charge on any atom is -0.340 e. The van der Waals surface area contributed by atoms with Gasteiger partial charge in [0.05, 0.1) is 17.6 Å². The predicted molar refractivity (Wildman–Crippen MR) is 80.7 cm³/mol. The van der Waals surface area contributed by atoms with Crippen LogP contribution in [0.1, 0.15) is 31.1 Å². The number of rotatable bonds is 4. The fourth-order valence-electron chi connectivity index (χ4n) is 2.18. The zero-order valence-corrected chi connectivity index (χ0v) is 11.8. The summed E-state index contributed by atoms with van der Waals surface area (Å²) < 4.78 is 0. The number of aryl methyl sites for hydroxylation is 1. The Morgan fingerprint density at radius 1 is 1.21 bits per heavy atom. The molecule has 0 aliphatic rings. The van der Waals surface area contributed by atoms with Crippen molar-refractivity contribution in [3.05, 3.63) is 53.9 Å². The Labute approximate surface area is 115 Å². The van der Waals surface area contributed by atoms with E-state index in [2.05, 4.69) is 54.1 Å². The van der Waals surface area contributed by atoms with Crippen LogP contribution in [0.3, 0.4) is 0 Å². The third-order valence-electron chi connectivity index (χ3n) is 3.27. The highest BCUT2D eigenvalue weighted by molar-refractivity contribution is 5.65. The quantitative estimate of drug-likeness (QED) is 0.908. The van der Waals surface area contributed by atoms with Gasteiger partial charge >= 0.3 is 0 Å². The molecule has 0 saturated heterocycles. The molecule has 0 aliphatic carbocycles. The molecule has 19 heavy (non-hydrogen) atoms. The first-order valence-electron chi connectivity index (χ1n) is 6.68. The standard InChI is InChI=1S/C16H21N3/c1-4-19(16-8-6-5-7-12(16)2)14-9-10-15(13(3)17)18-11-14/h5-11,13H,4,17H2,1-3H3/t13-/m0/s1. The van der Waals surface area contributed by atoms with E-state index < -0.39 is 0 Å². The molecule has 0 amide bonds. The molecule has 0 bridgehead atoms. The summed E-state index contributed by atoms with van der Waals surface area (Å²) >= 11 is 0. The predicted octanol–water partition coefficient (Wildman–Crippen LogP) is 3.57. The number of benzene rings is 1. The van der Waals surface area contributed by atoms with Gasteiger partial charge in [0, 0.05) is 18.3 Å². The van der Waals surface area contributed by atoms with E-state index in [4.69, 9.17) is 5.73 Å². The lowest BCUT2D eigenvalue weighted by atomic mass is 10.1. The summed E-state index contributed by atoms with van der Waals surface area (Å²) in [6.45, 7) is 7.12. The average molecular weight is 255 g/mol. The van der Waals surface area contributed by atoms with Gasteiger partial charge in [-0.25, -0.2) is 0 Å². The van der Waals surface area contributed by atoms with E-state index in [1.54, 1.807) is 0 Å². The van der Waals surface area contributed by atoms with Crippen LogP contribution in [-0.2, 0) is 0 Å². The highest BCUT2D eigenvalue weighted by Gasteiger charge is 2.10. The fraction of sp³-hybridized carbons (Fsp3) is 0.312. The van der Waals surface area contributed by atoms with E-state index in [1.165, 1.54) is 11.3 Å². The molecule has 1 aromatic heterocycles. The van der Waals surface area contributed by atoms with Crippen molar-refractivity contribution in [1.29, 1.82) is 0 Å². The lowest BCUT2D eigenvalue weighted by molar-refractivity contribution is 0.780. The van der Waals surface area contributed by atoms with E-state index >= 15 is 0 Å². The molecule has 1 atom stereocenters. The molecule has 0 aliphatic heterocycles. The van der Waals surface area contributed by atoms with Gasteiger partial charge in [0.15, 0.2) is 0 Å². The first-order chi connectivity index (χ1) is 9.13. The van der Waals surface area contributed by atoms with Gasteiger partial charge in [0.2, 0.25) is 0 Å². The Morgan fingerprint density at radius 3 is 2.47 bits per heavy atom. The van der Waals surface area contributed by atoms with E-state index in [1.807, 2.05) is 19.2 Å². The number of hydrogen-bond donors (Lipinski definition) is 1. The van der Waals surface area contributed by atoms with Crippen LogP contribution in [-0.4, -0.2) is 11.5 Å². The minimum atomic E-state index is -0.0254. The number of aromatic nitrogens is 1. The van der Waals surface area contributed by atoms with Gasteiger partial charge in [0.25, 0.3) is 0 Å². The average Bonchev–Trinajstić information content (AvgIpc) is 2.42. The molecular weight excluding hydrogens is 234 g/mol. The van der Waals surface area contributed by atoms with Crippen LogP contribution >= 0.6 is 0 Å². The maximum Gasteiger partial charge on any atom is 0.0597 e. The van der Waals surface area contributed by atoms with Gasteiger partial charge < -0.3 is 10.6 Å². The van der Waals surface area contributed by atoms with Gasteiger partial charge in [-0.2, -0.15) is 0 Å². The van der Waals surface area contributed by atoms with E-state index in [0.29, 0.717) is 0 Å². The maximum absolute atomic E-state index is 5.83. The minimum absolute atomic E-state index is 0.0254. The molecule has 0 saturated carbocycles. The van der Waals surface area contributed by atoms with Crippen molar-refractivity contribution in [2.45, 2.75) is 26.8 Å². The number of nitrogens with two attached hydrogens (primary N) is 1. The van der Waals surface area contributed by atoms with Crippen LogP contribution in [0.25, 0.3) is 0 Å². The SMILES string of the molecule is CCN(c1ccc([C@H](C)N)nc1)c1ccccc1C. The molecule has 2 aromatic rings. The molecule has 3 nitrogen and oxygen atoms in total. The van der Waals surface area contributed by atoms with Crippen LogP contribution in [0.5, 0.6) is 0 Å². The van der Waals surface area contributed by atoms with Crippen molar-refractivity contribution >= 4 is 11.4 Å². The van der Waals surface area contributed by atoms with Crippen molar-refractivity contribution in [2.24, 2.45) is 5.73 Å². The highest BCUT2D eigenvalue weighted by Crippen LogP contribution is 2.27. The first-order valence-corrected chi connectivity index (χ1v) is 6.68. The van der Waals surface area contributed by atoms with Crippen molar-refractivity contribution < 1.29 is 0 Å². The summed E-state index contributed by atoms with van der Waals surface area (Å²) in [5, 5.41) is 0. The van der Waals surface area contributed by atoms with E-state index in [0.717, 1.165) is 17.9 Å². The van der Waals surface area contributed by atoms with Crippen molar-refractivity contribution in [3.8, 4) is 0 Å². The first kappa shape index (κ1) is 13.6. The van der Waals surface area contributed by atoms with Gasteiger partial charge in [0.1, 0.15) is 0 Å². The van der Waals surface area contributed by atoms with Crippen molar-refractivity contribution in [2.75, 3.05) is 11.4 Å². The summed E-state index contributed by atoms with van der Waals surface area (Å²) in [5.74, 6) is 0. The number of anilines is 2. The van der Waals surface area contributed by atoms with Gasteiger partial charge in [-0.3, -0.25) is 4.98 Å². The van der Waals surface area contributed by atoms with Crippen LogP contribution in [0.2, 0.25) is 0 Å². The van der Waals surface area contributed by atoms with Gasteiger partial charge in [-0.05, 0) is 44.5 Å².